The van der Waals surface area contributed by atoms with E-state index in [1.807, 2.05) is 79.0 Å². The van der Waals surface area contributed by atoms with Gasteiger partial charge in [-0.25, -0.2) is 4.99 Å². The van der Waals surface area contributed by atoms with Crippen LogP contribution in [0.5, 0.6) is 5.75 Å². The highest BCUT2D eigenvalue weighted by atomic mass is 127. The van der Waals surface area contributed by atoms with E-state index in [-0.39, 0.29) is 11.5 Å². The molecule has 3 heterocycles. The number of thiazole rings is 1. The van der Waals surface area contributed by atoms with Crippen LogP contribution in [0, 0.1) is 3.57 Å². The van der Waals surface area contributed by atoms with E-state index in [2.05, 4.69) is 32.9 Å². The molecule has 9 heteroatoms. The number of hydrogen-bond acceptors (Lipinski definition) is 6. The molecule has 0 bridgehead atoms. The lowest BCUT2D eigenvalue weighted by Gasteiger charge is -2.24. The normalized spacial score (nSPS) is 15.5. The molecule has 1 unspecified atom stereocenters. The van der Waals surface area contributed by atoms with Crippen LogP contribution in [0.3, 0.4) is 0 Å². The highest BCUT2D eigenvalue weighted by Gasteiger charge is 2.33. The summed E-state index contributed by atoms with van der Waals surface area (Å²) in [6, 6.07) is 18.4. The first-order valence-corrected chi connectivity index (χ1v) is 13.5. The Morgan fingerprint density at radius 1 is 1.17 bits per heavy atom. The molecule has 176 valence electrons. The molecule has 1 amide bonds. The van der Waals surface area contributed by atoms with Crippen molar-refractivity contribution in [3.05, 3.63) is 111 Å². The molecule has 0 fully saturated rings. The first kappa shape index (κ1) is 23.7. The zero-order valence-electron chi connectivity index (χ0n) is 18.8. The average molecular weight is 614 g/mol. The average Bonchev–Trinajstić information content (AvgIpc) is 3.48. The van der Waals surface area contributed by atoms with Crippen molar-refractivity contribution in [3.63, 3.8) is 0 Å². The Kier molecular flexibility index (Phi) is 6.72. The summed E-state index contributed by atoms with van der Waals surface area (Å²) in [5.74, 6) is 0.515. The largest absolute Gasteiger partial charge is 0.496 e. The molecule has 2 aromatic carbocycles. The number of amides is 1. The molecule has 2 aromatic heterocycles. The number of methoxy groups -OCH3 is 1. The van der Waals surface area contributed by atoms with Crippen molar-refractivity contribution < 1.29 is 9.53 Å². The summed E-state index contributed by atoms with van der Waals surface area (Å²) in [4.78, 5) is 33.3. The van der Waals surface area contributed by atoms with Crippen LogP contribution in [-0.4, -0.2) is 17.6 Å². The molecule has 0 spiro atoms. The first-order chi connectivity index (χ1) is 17.0. The minimum atomic E-state index is -0.548. The third-order valence-electron chi connectivity index (χ3n) is 5.58. The zero-order chi connectivity index (χ0) is 24.5. The summed E-state index contributed by atoms with van der Waals surface area (Å²) in [5, 5.41) is 4.91. The van der Waals surface area contributed by atoms with E-state index in [0.29, 0.717) is 26.3 Å². The molecule has 1 atom stereocenters. The molecule has 0 saturated heterocycles. The van der Waals surface area contributed by atoms with Gasteiger partial charge in [0.25, 0.3) is 11.5 Å². The van der Waals surface area contributed by atoms with Crippen molar-refractivity contribution in [2.45, 2.75) is 13.0 Å². The predicted molar refractivity (Wildman–Crippen MR) is 149 cm³/mol. The number of ether oxygens (including phenoxy) is 1. The third kappa shape index (κ3) is 4.63. The van der Waals surface area contributed by atoms with Crippen LogP contribution in [0.25, 0.3) is 6.08 Å². The highest BCUT2D eigenvalue weighted by Crippen LogP contribution is 2.33. The van der Waals surface area contributed by atoms with Crippen LogP contribution in [-0.2, 0) is 4.79 Å². The quantitative estimate of drug-likeness (QED) is 0.336. The summed E-state index contributed by atoms with van der Waals surface area (Å²) in [5.41, 5.74) is 2.48. The Morgan fingerprint density at radius 2 is 1.97 bits per heavy atom. The van der Waals surface area contributed by atoms with Gasteiger partial charge < -0.3 is 10.1 Å². The van der Waals surface area contributed by atoms with Crippen molar-refractivity contribution in [2.24, 2.45) is 4.99 Å². The number of rotatable bonds is 5. The number of nitrogens with zero attached hydrogens (tertiary/aromatic N) is 2. The number of benzene rings is 2. The summed E-state index contributed by atoms with van der Waals surface area (Å²) in [6.07, 6.45) is 1.86. The summed E-state index contributed by atoms with van der Waals surface area (Å²) in [6.45, 7) is 1.82. The second-order valence-electron chi connectivity index (χ2n) is 7.81. The van der Waals surface area contributed by atoms with Crippen molar-refractivity contribution in [1.29, 1.82) is 0 Å². The number of allylic oxidation sites excluding steroid dienone is 1. The number of halogens is 1. The number of aromatic nitrogens is 1. The number of fused-ring (bicyclic) bond motifs is 1. The van der Waals surface area contributed by atoms with Gasteiger partial charge in [-0.1, -0.05) is 41.7 Å². The molecular formula is C26H20IN3O3S2. The van der Waals surface area contributed by atoms with Crippen molar-refractivity contribution in [3.8, 4) is 5.75 Å². The zero-order valence-corrected chi connectivity index (χ0v) is 22.6. The smallest absolute Gasteiger partial charge is 0.271 e. The van der Waals surface area contributed by atoms with E-state index < -0.39 is 6.04 Å². The van der Waals surface area contributed by atoms with Gasteiger partial charge >= 0.3 is 0 Å². The monoisotopic (exact) mass is 613 g/mol. The minimum absolute atomic E-state index is 0.171. The van der Waals surface area contributed by atoms with Gasteiger partial charge in [0.15, 0.2) is 4.80 Å². The van der Waals surface area contributed by atoms with Gasteiger partial charge in [0, 0.05) is 10.6 Å². The Morgan fingerprint density at radius 3 is 2.66 bits per heavy atom. The van der Waals surface area contributed by atoms with Gasteiger partial charge in [-0.3, -0.25) is 14.2 Å². The van der Waals surface area contributed by atoms with Gasteiger partial charge in [0.2, 0.25) is 0 Å². The number of para-hydroxylation sites is 1. The van der Waals surface area contributed by atoms with Gasteiger partial charge in [0.05, 0.1) is 26.5 Å². The van der Waals surface area contributed by atoms with E-state index in [0.717, 1.165) is 19.8 Å². The number of carbonyl (C=O) groups excluding carboxylic acids is 1. The number of hydrogen-bond donors (Lipinski definition) is 1. The summed E-state index contributed by atoms with van der Waals surface area (Å²) < 4.78 is 8.50. The fourth-order valence-electron chi connectivity index (χ4n) is 3.97. The highest BCUT2D eigenvalue weighted by molar-refractivity contribution is 14.1. The number of thiophene rings is 1. The molecule has 6 nitrogen and oxygen atoms in total. The number of anilines is 1. The van der Waals surface area contributed by atoms with Gasteiger partial charge in [-0.15, -0.1) is 11.3 Å². The Hall–Kier alpha value is -3.02. The molecule has 1 aliphatic rings. The first-order valence-electron chi connectivity index (χ1n) is 10.7. The maximum absolute atomic E-state index is 13.7. The van der Waals surface area contributed by atoms with Gasteiger partial charge in [-0.2, -0.15) is 0 Å². The van der Waals surface area contributed by atoms with Crippen molar-refractivity contribution in [1.82, 2.24) is 4.57 Å². The van der Waals surface area contributed by atoms with Crippen molar-refractivity contribution in [2.75, 3.05) is 12.4 Å². The Bertz CT molecular complexity index is 1620. The SMILES string of the molecule is COc1ccc(/C=c2\sc3n(c2=O)C(c2cccs2)C(C(=O)Nc2ccccc2)=C(C)N=3)cc1I. The molecule has 1 aliphatic heterocycles. The fraction of sp³-hybridized carbons (Fsp3) is 0.115. The molecule has 0 saturated carbocycles. The standard InChI is InChI=1S/C26H20IN3O3S2/c1-15-22(24(31)29-17-7-4-3-5-8-17)23(20-9-6-12-34-20)30-25(32)21(35-26(30)28-15)14-16-10-11-19(33-2)18(27)13-16/h3-14,23H,1-2H3,(H,29,31)/b21-14-. The third-order valence-corrected chi connectivity index (χ3v) is 8.33. The van der Waals surface area contributed by atoms with Crippen LogP contribution in [0.4, 0.5) is 5.69 Å². The van der Waals surface area contributed by atoms with E-state index in [1.165, 1.54) is 22.7 Å². The second kappa shape index (κ2) is 9.92. The Balaban J connectivity index is 1.63. The minimum Gasteiger partial charge on any atom is -0.496 e. The maximum atomic E-state index is 13.7. The molecule has 0 radical (unpaired) electrons. The van der Waals surface area contributed by atoms with E-state index in [9.17, 15) is 9.59 Å². The van der Waals surface area contributed by atoms with E-state index >= 15 is 0 Å². The predicted octanol–water partition coefficient (Wildman–Crippen LogP) is 4.55. The molecule has 1 N–H and O–H groups in total. The van der Waals surface area contributed by atoms with Gasteiger partial charge in [-0.05, 0) is 76.9 Å². The Labute approximate surface area is 223 Å². The van der Waals surface area contributed by atoms with E-state index in [4.69, 9.17) is 4.74 Å². The van der Waals surface area contributed by atoms with Crippen LogP contribution in [0.15, 0.2) is 87.1 Å². The topological polar surface area (TPSA) is 72.7 Å². The van der Waals surface area contributed by atoms with Crippen LogP contribution < -0.4 is 24.9 Å². The lowest BCUT2D eigenvalue weighted by molar-refractivity contribution is -0.113. The van der Waals surface area contributed by atoms with Crippen molar-refractivity contribution >= 4 is 62.9 Å². The molecule has 0 aliphatic carbocycles. The molecule has 35 heavy (non-hydrogen) atoms. The molecular weight excluding hydrogens is 593 g/mol. The lowest BCUT2D eigenvalue weighted by Crippen LogP contribution is -2.40. The van der Waals surface area contributed by atoms with E-state index in [1.54, 1.807) is 11.7 Å². The van der Waals surface area contributed by atoms with Crippen LogP contribution in [0.2, 0.25) is 0 Å². The van der Waals surface area contributed by atoms with Crippen LogP contribution >= 0.6 is 45.3 Å². The number of carbonyl (C=O) groups is 1. The molecule has 5 rings (SSSR count). The maximum Gasteiger partial charge on any atom is 0.271 e. The van der Waals surface area contributed by atoms with Crippen LogP contribution in [0.1, 0.15) is 23.4 Å². The number of nitrogens with one attached hydrogen (secondary N) is 1. The molecule has 4 aromatic rings. The fourth-order valence-corrected chi connectivity index (χ4v) is 6.60. The summed E-state index contributed by atoms with van der Waals surface area (Å²) in [7, 11) is 1.63. The second-order valence-corrected chi connectivity index (χ2v) is 11.0. The summed E-state index contributed by atoms with van der Waals surface area (Å²) >= 11 is 5.06. The lowest BCUT2D eigenvalue weighted by atomic mass is 10.0. The van der Waals surface area contributed by atoms with Gasteiger partial charge in [0.1, 0.15) is 11.8 Å².